The minimum absolute atomic E-state index is 0.0999. The van der Waals surface area contributed by atoms with E-state index in [4.69, 9.17) is 30.5 Å². The topological polar surface area (TPSA) is 100 Å². The maximum absolute atomic E-state index is 13.1. The number of esters is 2. The Labute approximate surface area is 206 Å². The summed E-state index contributed by atoms with van der Waals surface area (Å²) in [6.45, 7) is 0. The van der Waals surface area contributed by atoms with E-state index in [1.165, 1.54) is 39.5 Å². The van der Waals surface area contributed by atoms with Gasteiger partial charge in [-0.3, -0.25) is 4.79 Å². The number of fused-ring (bicyclic) bond motifs is 1. The lowest BCUT2D eigenvalue weighted by molar-refractivity contribution is 0.0252. The van der Waals surface area contributed by atoms with Crippen LogP contribution in [0.5, 0.6) is 11.5 Å². The van der Waals surface area contributed by atoms with Crippen molar-refractivity contribution in [1.29, 1.82) is 0 Å². The van der Waals surface area contributed by atoms with Crippen LogP contribution in [-0.4, -0.2) is 39.2 Å². The lowest BCUT2D eigenvalue weighted by Gasteiger charge is -2.25. The number of cyclic esters (lactones) is 1. The normalized spacial score (nSPS) is 14.4. The smallest absolute Gasteiger partial charge is 0.340 e. The number of benzene rings is 3. The van der Waals surface area contributed by atoms with E-state index in [1.54, 1.807) is 36.4 Å². The number of halogens is 1. The van der Waals surface area contributed by atoms with E-state index in [1.807, 2.05) is 0 Å². The highest BCUT2D eigenvalue weighted by atomic mass is 35.5. The zero-order valence-corrected chi connectivity index (χ0v) is 20.0. The highest BCUT2D eigenvalue weighted by molar-refractivity contribution is 6.30. The molecule has 35 heavy (non-hydrogen) atoms. The van der Waals surface area contributed by atoms with Gasteiger partial charge in [-0.15, -0.1) is 0 Å². The van der Waals surface area contributed by atoms with Crippen LogP contribution >= 0.6 is 11.6 Å². The molecule has 0 spiro atoms. The summed E-state index contributed by atoms with van der Waals surface area (Å²) in [6, 6.07) is 14.7. The van der Waals surface area contributed by atoms with Gasteiger partial charge in [-0.05, 0) is 41.5 Å². The lowest BCUT2D eigenvalue weighted by atomic mass is 9.93. The van der Waals surface area contributed by atoms with Gasteiger partial charge < -0.3 is 24.3 Å². The summed E-state index contributed by atoms with van der Waals surface area (Å²) in [4.78, 5) is 38.0. The molecule has 0 saturated carbocycles. The van der Waals surface area contributed by atoms with Crippen LogP contribution in [0.3, 0.4) is 0 Å². The SMILES string of the molecule is COC(=O)c1cc(OC)c(OC)cc1NC(=O)c1ccc2c(c1)CC(c1ccc(Cl)cc1)OC2=O. The molecule has 4 rings (SSSR count). The van der Waals surface area contributed by atoms with Crippen LogP contribution in [0.1, 0.15) is 48.3 Å². The van der Waals surface area contributed by atoms with Gasteiger partial charge in [0, 0.05) is 29.1 Å². The fraction of sp³-hybridized carbons (Fsp3) is 0.192. The second kappa shape index (κ2) is 10.1. The molecule has 1 unspecified atom stereocenters. The molecule has 0 saturated heterocycles. The molecule has 3 aromatic carbocycles. The first-order chi connectivity index (χ1) is 16.8. The highest BCUT2D eigenvalue weighted by Crippen LogP contribution is 2.35. The molecule has 0 bridgehead atoms. The van der Waals surface area contributed by atoms with E-state index in [-0.39, 0.29) is 11.3 Å². The van der Waals surface area contributed by atoms with E-state index in [0.717, 1.165) is 5.56 Å². The van der Waals surface area contributed by atoms with Gasteiger partial charge in [-0.25, -0.2) is 9.59 Å². The van der Waals surface area contributed by atoms with Gasteiger partial charge in [0.25, 0.3) is 5.91 Å². The van der Waals surface area contributed by atoms with Crippen molar-refractivity contribution in [3.8, 4) is 11.5 Å². The standard InChI is InChI=1S/C26H22ClNO7/c1-32-22-12-19(25(30)34-3)20(13-23(22)33-2)28-24(29)15-6-9-18-16(10-15)11-21(35-26(18)31)14-4-7-17(27)8-5-14/h4-10,12-13,21H,11H2,1-3H3,(H,28,29). The summed E-state index contributed by atoms with van der Waals surface area (Å²) in [5.41, 5.74) is 2.47. The summed E-state index contributed by atoms with van der Waals surface area (Å²) >= 11 is 5.96. The minimum atomic E-state index is -0.653. The number of methoxy groups -OCH3 is 3. The molecule has 0 aliphatic carbocycles. The quantitative estimate of drug-likeness (QED) is 0.488. The molecule has 0 aromatic heterocycles. The van der Waals surface area contributed by atoms with Crippen LogP contribution in [0, 0.1) is 0 Å². The Hall–Kier alpha value is -4.04. The summed E-state index contributed by atoms with van der Waals surface area (Å²) < 4.78 is 21.0. The lowest BCUT2D eigenvalue weighted by Crippen LogP contribution is -2.23. The summed E-state index contributed by atoms with van der Waals surface area (Å²) in [6.07, 6.45) is -0.101. The van der Waals surface area contributed by atoms with Gasteiger partial charge in [0.1, 0.15) is 6.10 Å². The Balaban J connectivity index is 1.63. The van der Waals surface area contributed by atoms with Crippen LogP contribution in [-0.2, 0) is 15.9 Å². The van der Waals surface area contributed by atoms with Crippen LogP contribution in [0.4, 0.5) is 5.69 Å². The maximum atomic E-state index is 13.1. The van der Waals surface area contributed by atoms with E-state index in [2.05, 4.69) is 5.32 Å². The Morgan fingerprint density at radius 3 is 2.31 bits per heavy atom. The number of anilines is 1. The van der Waals surface area contributed by atoms with Crippen molar-refractivity contribution in [3.05, 3.63) is 87.4 Å². The number of hydrogen-bond acceptors (Lipinski definition) is 7. The molecule has 1 heterocycles. The molecule has 180 valence electrons. The average Bonchev–Trinajstić information content (AvgIpc) is 2.87. The van der Waals surface area contributed by atoms with Crippen molar-refractivity contribution >= 4 is 35.1 Å². The molecule has 1 aliphatic heterocycles. The first kappa shape index (κ1) is 24.1. The number of carbonyl (C=O) groups is 3. The first-order valence-electron chi connectivity index (χ1n) is 10.6. The van der Waals surface area contributed by atoms with Crippen molar-refractivity contribution in [1.82, 2.24) is 0 Å². The largest absolute Gasteiger partial charge is 0.493 e. The fourth-order valence-electron chi connectivity index (χ4n) is 3.86. The second-order valence-corrected chi connectivity index (χ2v) is 8.16. The van der Waals surface area contributed by atoms with Crippen LogP contribution in [0.15, 0.2) is 54.6 Å². The molecule has 1 atom stereocenters. The first-order valence-corrected chi connectivity index (χ1v) is 11.0. The fourth-order valence-corrected chi connectivity index (χ4v) is 3.98. The van der Waals surface area contributed by atoms with E-state index in [0.29, 0.717) is 39.6 Å². The Morgan fingerprint density at radius 2 is 1.66 bits per heavy atom. The highest BCUT2D eigenvalue weighted by Gasteiger charge is 2.28. The van der Waals surface area contributed by atoms with Crippen molar-refractivity contribution in [3.63, 3.8) is 0 Å². The predicted octanol–water partition coefficient (Wildman–Crippen LogP) is 4.85. The number of hydrogen-bond donors (Lipinski definition) is 1. The van der Waals surface area contributed by atoms with Gasteiger partial charge in [0.05, 0.1) is 38.1 Å². The third-order valence-electron chi connectivity index (χ3n) is 5.66. The molecular weight excluding hydrogens is 474 g/mol. The molecule has 0 fully saturated rings. The minimum Gasteiger partial charge on any atom is -0.493 e. The van der Waals surface area contributed by atoms with Gasteiger partial charge in [0.15, 0.2) is 11.5 Å². The number of ether oxygens (including phenoxy) is 4. The van der Waals surface area contributed by atoms with Gasteiger partial charge >= 0.3 is 11.9 Å². The Morgan fingerprint density at radius 1 is 0.971 bits per heavy atom. The molecule has 1 amide bonds. The zero-order chi connectivity index (χ0) is 25.1. The molecule has 9 heteroatoms. The predicted molar refractivity (Wildman–Crippen MR) is 129 cm³/mol. The monoisotopic (exact) mass is 495 g/mol. The van der Waals surface area contributed by atoms with Crippen LogP contribution in [0.25, 0.3) is 0 Å². The molecular formula is C26H22ClNO7. The molecule has 1 aliphatic rings. The van der Waals surface area contributed by atoms with Gasteiger partial charge in [-0.1, -0.05) is 23.7 Å². The Bertz CT molecular complexity index is 1300. The molecule has 0 radical (unpaired) electrons. The number of amides is 1. The second-order valence-electron chi connectivity index (χ2n) is 7.72. The molecule has 1 N–H and O–H groups in total. The average molecular weight is 496 g/mol. The summed E-state index contributed by atoms with van der Waals surface area (Å²) in [7, 11) is 4.12. The van der Waals surface area contributed by atoms with Crippen molar-refractivity contribution in [2.75, 3.05) is 26.6 Å². The molecule has 3 aromatic rings. The van der Waals surface area contributed by atoms with Crippen molar-refractivity contribution < 1.29 is 33.3 Å². The third-order valence-corrected chi connectivity index (χ3v) is 5.91. The maximum Gasteiger partial charge on any atom is 0.340 e. The number of rotatable bonds is 6. The van der Waals surface area contributed by atoms with Crippen molar-refractivity contribution in [2.24, 2.45) is 0 Å². The van der Waals surface area contributed by atoms with Gasteiger partial charge in [-0.2, -0.15) is 0 Å². The summed E-state index contributed by atoms with van der Waals surface area (Å²) in [5, 5.41) is 3.31. The van der Waals surface area contributed by atoms with Crippen molar-refractivity contribution in [2.45, 2.75) is 12.5 Å². The molecule has 8 nitrogen and oxygen atoms in total. The third kappa shape index (κ3) is 4.93. The number of nitrogens with one attached hydrogen (secondary N) is 1. The van der Waals surface area contributed by atoms with Crippen LogP contribution < -0.4 is 14.8 Å². The van der Waals surface area contributed by atoms with E-state index < -0.39 is 23.9 Å². The van der Waals surface area contributed by atoms with E-state index in [9.17, 15) is 14.4 Å². The zero-order valence-electron chi connectivity index (χ0n) is 19.2. The van der Waals surface area contributed by atoms with Crippen LogP contribution in [0.2, 0.25) is 5.02 Å². The van der Waals surface area contributed by atoms with E-state index >= 15 is 0 Å². The van der Waals surface area contributed by atoms with Gasteiger partial charge in [0.2, 0.25) is 0 Å². The Kier molecular flexibility index (Phi) is 6.93. The summed E-state index contributed by atoms with van der Waals surface area (Å²) in [5.74, 6) is -0.959. The number of carbonyl (C=O) groups excluding carboxylic acids is 3.